The van der Waals surface area contributed by atoms with Gasteiger partial charge >= 0.3 is 0 Å². The summed E-state index contributed by atoms with van der Waals surface area (Å²) in [5.74, 6) is -1.70. The number of rotatable bonds is 2. The van der Waals surface area contributed by atoms with Gasteiger partial charge in [0, 0.05) is 12.1 Å². The Morgan fingerprint density at radius 2 is 2.14 bits per heavy atom. The van der Waals surface area contributed by atoms with Gasteiger partial charge in [-0.1, -0.05) is 4.85 Å². The fourth-order valence-electron chi connectivity index (χ4n) is 0.912. The summed E-state index contributed by atoms with van der Waals surface area (Å²) in [6.07, 6.45) is 2.81. The van der Waals surface area contributed by atoms with Crippen LogP contribution in [-0.2, 0) is 0 Å². The molecule has 0 fully saturated rings. The maximum atomic E-state index is 12.7. The summed E-state index contributed by atoms with van der Waals surface area (Å²) in [6.45, 7) is 0. The summed E-state index contributed by atoms with van der Waals surface area (Å²) in [5.41, 5.74) is 0. The van der Waals surface area contributed by atoms with E-state index in [-0.39, 0.29) is 5.75 Å². The minimum absolute atomic E-state index is 0.168. The average molecular weight is 195 g/mol. The molecule has 0 saturated carbocycles. The van der Waals surface area contributed by atoms with Crippen molar-refractivity contribution in [1.29, 1.82) is 0 Å². The van der Waals surface area contributed by atoms with Gasteiger partial charge in [-0.3, -0.25) is 0 Å². The van der Waals surface area contributed by atoms with Gasteiger partial charge in [0.15, 0.2) is 17.4 Å². The molecule has 0 atom stereocenters. The zero-order chi connectivity index (χ0) is 9.97. The first kappa shape index (κ1) is 8.68. The Hall–Kier alpha value is -1.91. The van der Waals surface area contributed by atoms with Gasteiger partial charge in [0.2, 0.25) is 0 Å². The van der Waals surface area contributed by atoms with E-state index in [1.54, 1.807) is 0 Å². The molecule has 0 bridgehead atoms. The zero-order valence-electron chi connectivity index (χ0n) is 6.95. The second-order valence-corrected chi connectivity index (χ2v) is 2.51. The summed E-state index contributed by atoms with van der Waals surface area (Å²) in [4.78, 5) is 6.11. The molecule has 0 amide bonds. The standard InChI is InChI=1S/C9H5F2N2O/c10-8-3-2-7(6-9(8)11)14-13-5-1-4-12-13/h2-6H. The zero-order valence-corrected chi connectivity index (χ0v) is 6.95. The molecule has 71 valence electrons. The van der Waals surface area contributed by atoms with Gasteiger partial charge in [0.25, 0.3) is 0 Å². The van der Waals surface area contributed by atoms with Gasteiger partial charge in [-0.15, -0.1) is 5.10 Å². The number of hydrogen-bond donors (Lipinski definition) is 0. The summed E-state index contributed by atoms with van der Waals surface area (Å²) in [5, 5.41) is 3.69. The molecule has 1 radical (unpaired) electrons. The molecular weight excluding hydrogens is 190 g/mol. The molecule has 1 heterocycles. The Morgan fingerprint density at radius 3 is 2.79 bits per heavy atom. The third kappa shape index (κ3) is 1.71. The summed E-state index contributed by atoms with van der Waals surface area (Å²) >= 11 is 0. The lowest BCUT2D eigenvalue weighted by atomic mass is 10.3. The van der Waals surface area contributed by atoms with Crippen LogP contribution >= 0.6 is 0 Å². The molecule has 2 aromatic rings. The number of aromatic nitrogens is 2. The van der Waals surface area contributed by atoms with Crippen molar-refractivity contribution in [2.24, 2.45) is 0 Å². The largest absolute Gasteiger partial charge is 0.358 e. The molecule has 1 aromatic heterocycles. The van der Waals surface area contributed by atoms with Crippen LogP contribution in [0.4, 0.5) is 8.78 Å². The van der Waals surface area contributed by atoms with E-state index in [0.717, 1.165) is 17.0 Å². The van der Waals surface area contributed by atoms with E-state index in [1.165, 1.54) is 18.5 Å². The predicted octanol–water partition coefficient (Wildman–Crippen LogP) is 1.80. The van der Waals surface area contributed by atoms with Crippen molar-refractivity contribution in [2.45, 2.75) is 0 Å². The number of halogens is 2. The third-order valence-electron chi connectivity index (χ3n) is 1.52. The van der Waals surface area contributed by atoms with Crippen molar-refractivity contribution in [1.82, 2.24) is 9.94 Å². The quantitative estimate of drug-likeness (QED) is 0.730. The monoisotopic (exact) mass is 195 g/mol. The molecular formula is C9H5F2N2O. The van der Waals surface area contributed by atoms with E-state index in [9.17, 15) is 8.78 Å². The smallest absolute Gasteiger partial charge is 0.162 e. The van der Waals surface area contributed by atoms with Crippen LogP contribution in [0.25, 0.3) is 0 Å². The van der Waals surface area contributed by atoms with Gasteiger partial charge in [0.1, 0.15) is 0 Å². The molecule has 0 unspecified atom stereocenters. The normalized spacial score (nSPS) is 10.1. The molecule has 0 N–H and O–H groups in total. The van der Waals surface area contributed by atoms with Crippen LogP contribution in [0.1, 0.15) is 0 Å². The maximum Gasteiger partial charge on any atom is 0.162 e. The van der Waals surface area contributed by atoms with E-state index in [0.29, 0.717) is 0 Å². The van der Waals surface area contributed by atoms with Crippen LogP contribution in [0.15, 0.2) is 30.6 Å². The van der Waals surface area contributed by atoms with E-state index in [4.69, 9.17) is 4.84 Å². The molecule has 0 aliphatic heterocycles. The van der Waals surface area contributed by atoms with Crippen LogP contribution in [-0.4, -0.2) is 9.94 Å². The van der Waals surface area contributed by atoms with Gasteiger partial charge in [-0.2, -0.15) is 0 Å². The first-order chi connectivity index (χ1) is 6.75. The second-order valence-electron chi connectivity index (χ2n) is 2.51. The fourth-order valence-corrected chi connectivity index (χ4v) is 0.912. The number of benzene rings is 1. The molecule has 3 nitrogen and oxygen atoms in total. The van der Waals surface area contributed by atoms with E-state index >= 15 is 0 Å². The minimum Gasteiger partial charge on any atom is -0.358 e. The maximum absolute atomic E-state index is 12.7. The van der Waals surface area contributed by atoms with E-state index < -0.39 is 11.6 Å². The summed E-state index contributed by atoms with van der Waals surface area (Å²) in [6, 6.07) is 5.87. The first-order valence-electron chi connectivity index (χ1n) is 3.80. The molecule has 0 saturated heterocycles. The molecule has 0 aliphatic rings. The highest BCUT2D eigenvalue weighted by molar-refractivity contribution is 5.23. The highest BCUT2D eigenvalue weighted by Crippen LogP contribution is 2.15. The van der Waals surface area contributed by atoms with Crippen molar-refractivity contribution >= 4 is 0 Å². The molecule has 2 rings (SSSR count). The van der Waals surface area contributed by atoms with Crippen LogP contribution < -0.4 is 4.84 Å². The Morgan fingerprint density at radius 1 is 1.29 bits per heavy atom. The molecule has 0 aliphatic carbocycles. The Kier molecular flexibility index (Phi) is 2.14. The first-order valence-corrected chi connectivity index (χ1v) is 3.80. The van der Waals surface area contributed by atoms with Gasteiger partial charge in [-0.05, 0) is 12.1 Å². The lowest BCUT2D eigenvalue weighted by Gasteiger charge is -2.03. The van der Waals surface area contributed by atoms with Crippen molar-refractivity contribution < 1.29 is 13.6 Å². The summed E-state index contributed by atoms with van der Waals surface area (Å²) in [7, 11) is 0. The van der Waals surface area contributed by atoms with Crippen LogP contribution in [0.2, 0.25) is 0 Å². The van der Waals surface area contributed by atoms with Gasteiger partial charge in [-0.25, -0.2) is 8.78 Å². The lowest BCUT2D eigenvalue weighted by Crippen LogP contribution is -2.05. The van der Waals surface area contributed by atoms with Gasteiger partial charge < -0.3 is 4.84 Å². The predicted molar refractivity (Wildman–Crippen MR) is 43.4 cm³/mol. The Labute approximate surface area is 78.5 Å². The SMILES string of the molecule is Fc1ccc(On2c[c]cn2)cc1F. The topological polar surface area (TPSA) is 27.1 Å². The average Bonchev–Trinajstić information content (AvgIpc) is 2.64. The highest BCUT2D eigenvalue weighted by Gasteiger charge is 2.03. The second kappa shape index (κ2) is 3.45. The van der Waals surface area contributed by atoms with Gasteiger partial charge in [0.05, 0.1) is 12.4 Å². The lowest BCUT2D eigenvalue weighted by molar-refractivity contribution is 0.177. The molecule has 1 aromatic carbocycles. The number of nitrogens with zero attached hydrogens (tertiary/aromatic N) is 2. The Bertz CT molecular complexity index is 428. The fraction of sp³-hybridized carbons (Fsp3) is 0. The number of hydrogen-bond acceptors (Lipinski definition) is 2. The third-order valence-corrected chi connectivity index (χ3v) is 1.52. The molecule has 0 spiro atoms. The van der Waals surface area contributed by atoms with Crippen molar-refractivity contribution in [3.63, 3.8) is 0 Å². The van der Waals surface area contributed by atoms with Crippen LogP contribution in [0, 0.1) is 17.7 Å². The van der Waals surface area contributed by atoms with Crippen molar-refractivity contribution in [3.05, 3.63) is 48.3 Å². The summed E-state index contributed by atoms with van der Waals surface area (Å²) < 4.78 is 25.2. The van der Waals surface area contributed by atoms with Crippen LogP contribution in [0.3, 0.4) is 0 Å². The van der Waals surface area contributed by atoms with Crippen molar-refractivity contribution in [3.8, 4) is 5.75 Å². The van der Waals surface area contributed by atoms with E-state index in [1.807, 2.05) is 0 Å². The molecule has 5 heteroatoms. The van der Waals surface area contributed by atoms with Crippen molar-refractivity contribution in [2.75, 3.05) is 0 Å². The molecule has 14 heavy (non-hydrogen) atoms. The Balaban J connectivity index is 2.22. The minimum atomic E-state index is -0.960. The van der Waals surface area contributed by atoms with E-state index in [2.05, 4.69) is 11.2 Å². The highest BCUT2D eigenvalue weighted by atomic mass is 19.2. The van der Waals surface area contributed by atoms with Crippen LogP contribution in [0.5, 0.6) is 5.75 Å².